The zero-order chi connectivity index (χ0) is 11.4. The van der Waals surface area contributed by atoms with Gasteiger partial charge in [0.2, 0.25) is 0 Å². The highest BCUT2D eigenvalue weighted by atomic mass is 19.2. The molecule has 0 bridgehead atoms. The number of rotatable bonds is 3. The van der Waals surface area contributed by atoms with Crippen molar-refractivity contribution in [1.82, 2.24) is 5.48 Å². The number of amides is 1. The van der Waals surface area contributed by atoms with Gasteiger partial charge in [-0.1, -0.05) is 6.07 Å². The molecule has 0 aliphatic heterocycles. The molecule has 0 fully saturated rings. The van der Waals surface area contributed by atoms with Gasteiger partial charge in [-0.05, 0) is 24.1 Å². The molecule has 4 N–H and O–H groups in total. The smallest absolute Gasteiger partial charge is 0.260 e. The van der Waals surface area contributed by atoms with Crippen LogP contribution >= 0.6 is 0 Å². The van der Waals surface area contributed by atoms with Gasteiger partial charge < -0.3 is 5.73 Å². The SMILES string of the molecule is N[C@@H](Cc1ccc(F)c(F)c1)C(=O)NO. The molecule has 0 radical (unpaired) electrons. The summed E-state index contributed by atoms with van der Waals surface area (Å²) in [7, 11) is 0. The van der Waals surface area contributed by atoms with Crippen molar-refractivity contribution in [2.45, 2.75) is 12.5 Å². The van der Waals surface area contributed by atoms with Gasteiger partial charge in [-0.2, -0.15) is 0 Å². The summed E-state index contributed by atoms with van der Waals surface area (Å²) < 4.78 is 25.3. The Balaban J connectivity index is 2.73. The van der Waals surface area contributed by atoms with Gasteiger partial charge in [0.15, 0.2) is 11.6 Å². The second-order valence-corrected chi connectivity index (χ2v) is 3.04. The monoisotopic (exact) mass is 216 g/mol. The van der Waals surface area contributed by atoms with Gasteiger partial charge in [0, 0.05) is 0 Å². The third-order valence-electron chi connectivity index (χ3n) is 1.89. The molecule has 15 heavy (non-hydrogen) atoms. The molecular weight excluding hydrogens is 206 g/mol. The zero-order valence-electron chi connectivity index (χ0n) is 7.71. The number of carbonyl (C=O) groups is 1. The van der Waals surface area contributed by atoms with Crippen LogP contribution in [0.3, 0.4) is 0 Å². The van der Waals surface area contributed by atoms with E-state index in [2.05, 4.69) is 0 Å². The molecule has 0 heterocycles. The standard InChI is InChI=1S/C9H10F2N2O2/c10-6-2-1-5(3-7(6)11)4-8(12)9(14)13-15/h1-3,8,15H,4,12H2,(H,13,14)/t8-/m0/s1. The minimum absolute atomic E-state index is 0.0175. The van der Waals surface area contributed by atoms with E-state index < -0.39 is 23.6 Å². The van der Waals surface area contributed by atoms with E-state index >= 15 is 0 Å². The van der Waals surface area contributed by atoms with Gasteiger partial charge in [-0.25, -0.2) is 14.3 Å². The van der Waals surface area contributed by atoms with Crippen molar-refractivity contribution in [3.05, 3.63) is 35.4 Å². The van der Waals surface area contributed by atoms with Gasteiger partial charge >= 0.3 is 0 Å². The Labute approximate surface area is 84.7 Å². The molecule has 4 nitrogen and oxygen atoms in total. The lowest BCUT2D eigenvalue weighted by molar-refractivity contribution is -0.130. The van der Waals surface area contributed by atoms with Gasteiger partial charge in [0.1, 0.15) is 0 Å². The van der Waals surface area contributed by atoms with Gasteiger partial charge in [0.25, 0.3) is 5.91 Å². The summed E-state index contributed by atoms with van der Waals surface area (Å²) in [5.74, 6) is -2.73. The predicted octanol–water partition coefficient (Wildman–Crippen LogP) is 0.340. The molecule has 1 aromatic carbocycles. The van der Waals surface area contributed by atoms with Crippen LogP contribution < -0.4 is 11.2 Å². The number of benzene rings is 1. The summed E-state index contributed by atoms with van der Waals surface area (Å²) >= 11 is 0. The molecule has 1 amide bonds. The second-order valence-electron chi connectivity index (χ2n) is 3.04. The lowest BCUT2D eigenvalue weighted by Gasteiger charge is -2.09. The Bertz CT molecular complexity index is 371. The van der Waals surface area contributed by atoms with Crippen molar-refractivity contribution < 1.29 is 18.8 Å². The highest BCUT2D eigenvalue weighted by Gasteiger charge is 2.13. The van der Waals surface area contributed by atoms with Crippen LogP contribution in [0.25, 0.3) is 0 Å². The van der Waals surface area contributed by atoms with Gasteiger partial charge in [0.05, 0.1) is 6.04 Å². The first-order chi connectivity index (χ1) is 7.04. The Morgan fingerprint density at radius 1 is 1.47 bits per heavy atom. The Morgan fingerprint density at radius 3 is 2.67 bits per heavy atom. The van der Waals surface area contributed by atoms with Crippen LogP contribution in [0.2, 0.25) is 0 Å². The van der Waals surface area contributed by atoms with Gasteiger partial charge in [-0.3, -0.25) is 10.0 Å². The largest absolute Gasteiger partial charge is 0.320 e. The van der Waals surface area contributed by atoms with E-state index in [1.54, 1.807) is 0 Å². The number of nitrogens with one attached hydrogen (secondary N) is 1. The molecular formula is C9H10F2N2O2. The van der Waals surface area contributed by atoms with E-state index in [9.17, 15) is 13.6 Å². The fourth-order valence-electron chi connectivity index (χ4n) is 1.10. The maximum atomic E-state index is 12.7. The van der Waals surface area contributed by atoms with E-state index in [1.165, 1.54) is 11.5 Å². The lowest BCUT2D eigenvalue weighted by atomic mass is 10.1. The molecule has 1 rings (SSSR count). The van der Waals surface area contributed by atoms with Crippen LogP contribution in [0, 0.1) is 11.6 Å². The Morgan fingerprint density at radius 2 is 2.13 bits per heavy atom. The quantitative estimate of drug-likeness (QED) is 0.503. The van der Waals surface area contributed by atoms with E-state index in [-0.39, 0.29) is 6.42 Å². The lowest BCUT2D eigenvalue weighted by Crippen LogP contribution is -2.40. The zero-order valence-corrected chi connectivity index (χ0v) is 7.71. The molecule has 0 spiro atoms. The average molecular weight is 216 g/mol. The number of halogens is 2. The molecule has 0 aliphatic carbocycles. The van der Waals surface area contributed by atoms with Crippen LogP contribution in [-0.4, -0.2) is 17.2 Å². The van der Waals surface area contributed by atoms with Crippen LogP contribution in [0.15, 0.2) is 18.2 Å². The second kappa shape index (κ2) is 4.81. The molecule has 1 aromatic rings. The number of carbonyl (C=O) groups excluding carboxylic acids is 1. The fraction of sp³-hybridized carbons (Fsp3) is 0.222. The molecule has 0 aliphatic rings. The van der Waals surface area contributed by atoms with Crippen LogP contribution in [0.5, 0.6) is 0 Å². The predicted molar refractivity (Wildman–Crippen MR) is 48.0 cm³/mol. The molecule has 82 valence electrons. The first-order valence-electron chi connectivity index (χ1n) is 4.18. The van der Waals surface area contributed by atoms with Crippen molar-refractivity contribution in [1.29, 1.82) is 0 Å². The summed E-state index contributed by atoms with van der Waals surface area (Å²) in [5.41, 5.74) is 7.12. The first-order valence-corrected chi connectivity index (χ1v) is 4.18. The number of nitrogens with two attached hydrogens (primary N) is 1. The van der Waals surface area contributed by atoms with Crippen molar-refractivity contribution in [2.75, 3.05) is 0 Å². The average Bonchev–Trinajstić information content (AvgIpc) is 2.22. The van der Waals surface area contributed by atoms with E-state index in [4.69, 9.17) is 10.9 Å². The van der Waals surface area contributed by atoms with Crippen molar-refractivity contribution >= 4 is 5.91 Å². The highest BCUT2D eigenvalue weighted by molar-refractivity contribution is 5.80. The molecule has 0 unspecified atom stereocenters. The van der Waals surface area contributed by atoms with Crippen molar-refractivity contribution in [3.63, 3.8) is 0 Å². The van der Waals surface area contributed by atoms with E-state index in [0.29, 0.717) is 5.56 Å². The summed E-state index contributed by atoms with van der Waals surface area (Å²) in [5, 5.41) is 8.27. The third kappa shape index (κ3) is 2.97. The normalized spacial score (nSPS) is 12.3. The summed E-state index contributed by atoms with van der Waals surface area (Å²) in [6.45, 7) is 0. The summed E-state index contributed by atoms with van der Waals surface area (Å²) in [6, 6.07) is 2.23. The highest BCUT2D eigenvalue weighted by Crippen LogP contribution is 2.10. The molecule has 0 saturated carbocycles. The Kier molecular flexibility index (Phi) is 3.70. The topological polar surface area (TPSA) is 75.4 Å². The minimum atomic E-state index is -1.00. The molecule has 6 heteroatoms. The van der Waals surface area contributed by atoms with Crippen LogP contribution in [-0.2, 0) is 11.2 Å². The number of hydrogen-bond donors (Lipinski definition) is 3. The Hall–Kier alpha value is -1.53. The molecule has 1 atom stereocenters. The number of hydrogen-bond acceptors (Lipinski definition) is 3. The maximum Gasteiger partial charge on any atom is 0.260 e. The third-order valence-corrected chi connectivity index (χ3v) is 1.89. The summed E-state index contributed by atoms with van der Waals surface area (Å²) in [6.07, 6.45) is 0.0175. The van der Waals surface area contributed by atoms with E-state index in [1.807, 2.05) is 0 Å². The molecule has 0 aromatic heterocycles. The number of hydroxylamine groups is 1. The van der Waals surface area contributed by atoms with E-state index in [0.717, 1.165) is 12.1 Å². The maximum absolute atomic E-state index is 12.7. The van der Waals surface area contributed by atoms with Crippen LogP contribution in [0.4, 0.5) is 8.78 Å². The van der Waals surface area contributed by atoms with Crippen molar-refractivity contribution in [2.24, 2.45) is 5.73 Å². The summed E-state index contributed by atoms with van der Waals surface area (Å²) in [4.78, 5) is 10.8. The molecule has 0 saturated heterocycles. The van der Waals surface area contributed by atoms with Crippen LogP contribution in [0.1, 0.15) is 5.56 Å². The van der Waals surface area contributed by atoms with Crippen molar-refractivity contribution in [3.8, 4) is 0 Å². The minimum Gasteiger partial charge on any atom is -0.320 e. The van der Waals surface area contributed by atoms with Gasteiger partial charge in [-0.15, -0.1) is 0 Å². The fourth-order valence-corrected chi connectivity index (χ4v) is 1.10. The first kappa shape index (κ1) is 11.5.